The van der Waals surface area contributed by atoms with Crippen molar-refractivity contribution in [3.8, 4) is 0 Å². The molecule has 1 unspecified atom stereocenters. The lowest BCUT2D eigenvalue weighted by atomic mass is 9.78. The van der Waals surface area contributed by atoms with Crippen molar-refractivity contribution in [3.63, 3.8) is 0 Å². The van der Waals surface area contributed by atoms with E-state index in [2.05, 4.69) is 10.3 Å². The van der Waals surface area contributed by atoms with Crippen molar-refractivity contribution < 1.29 is 19.4 Å². The molecule has 1 amide bonds. The fourth-order valence-electron chi connectivity index (χ4n) is 2.42. The van der Waals surface area contributed by atoms with Crippen LogP contribution < -0.4 is 5.32 Å². The highest BCUT2D eigenvalue weighted by Gasteiger charge is 2.38. The van der Waals surface area contributed by atoms with Gasteiger partial charge in [0.05, 0.1) is 5.41 Å². The van der Waals surface area contributed by atoms with Gasteiger partial charge in [0.1, 0.15) is 5.60 Å². The largest absolute Gasteiger partial charge is 0.481 e. The third kappa shape index (κ3) is 6.26. The number of amides is 1. The molecule has 6 heteroatoms. The van der Waals surface area contributed by atoms with Gasteiger partial charge in [0.15, 0.2) is 0 Å². The molecule has 1 aromatic rings. The summed E-state index contributed by atoms with van der Waals surface area (Å²) in [6, 6.07) is 3.61. The van der Waals surface area contributed by atoms with E-state index >= 15 is 0 Å². The fourth-order valence-corrected chi connectivity index (χ4v) is 2.42. The van der Waals surface area contributed by atoms with Gasteiger partial charge in [-0.05, 0) is 45.2 Å². The second-order valence-corrected chi connectivity index (χ2v) is 6.73. The van der Waals surface area contributed by atoms with Crippen LogP contribution in [0.2, 0.25) is 0 Å². The Labute approximate surface area is 137 Å². The number of hydrogen-bond donors (Lipinski definition) is 2. The predicted octanol–water partition coefficient (Wildman–Crippen LogP) is 3.02. The van der Waals surface area contributed by atoms with Crippen LogP contribution >= 0.6 is 0 Å². The summed E-state index contributed by atoms with van der Waals surface area (Å²) in [6.07, 6.45) is 4.14. The van der Waals surface area contributed by atoms with Gasteiger partial charge in [-0.25, -0.2) is 4.79 Å². The molecule has 1 heterocycles. The highest BCUT2D eigenvalue weighted by atomic mass is 16.6. The zero-order valence-electron chi connectivity index (χ0n) is 14.3. The molecule has 23 heavy (non-hydrogen) atoms. The quantitative estimate of drug-likeness (QED) is 0.805. The molecule has 128 valence electrons. The molecule has 0 radical (unpaired) electrons. The number of alkyl carbamates (subject to hydrolysis) is 1. The van der Waals surface area contributed by atoms with Crippen molar-refractivity contribution in [2.24, 2.45) is 5.41 Å². The SMILES string of the molecule is CCCC(CNC(=O)OC(C)(C)C)(Cc1cccnc1)C(=O)O. The van der Waals surface area contributed by atoms with E-state index in [1.165, 1.54) is 0 Å². The normalized spacial score (nSPS) is 13.9. The molecule has 0 saturated carbocycles. The number of pyridine rings is 1. The number of aromatic nitrogens is 1. The van der Waals surface area contributed by atoms with Crippen molar-refractivity contribution in [1.82, 2.24) is 10.3 Å². The first-order valence-electron chi connectivity index (χ1n) is 7.78. The minimum Gasteiger partial charge on any atom is -0.481 e. The maximum atomic E-state index is 11.9. The van der Waals surface area contributed by atoms with E-state index < -0.39 is 23.1 Å². The number of hydrogen-bond acceptors (Lipinski definition) is 4. The van der Waals surface area contributed by atoms with E-state index in [1.54, 1.807) is 39.2 Å². The van der Waals surface area contributed by atoms with Gasteiger partial charge in [-0.15, -0.1) is 0 Å². The van der Waals surface area contributed by atoms with Crippen LogP contribution in [0.5, 0.6) is 0 Å². The van der Waals surface area contributed by atoms with E-state index in [9.17, 15) is 14.7 Å². The van der Waals surface area contributed by atoms with Gasteiger partial charge >= 0.3 is 12.1 Å². The molecular formula is C17H26N2O4. The Kier molecular flexibility index (Phi) is 6.54. The first-order valence-corrected chi connectivity index (χ1v) is 7.78. The van der Waals surface area contributed by atoms with Crippen LogP contribution in [-0.2, 0) is 16.0 Å². The second-order valence-electron chi connectivity index (χ2n) is 6.73. The molecule has 1 rings (SSSR count). The van der Waals surface area contributed by atoms with E-state index in [0.29, 0.717) is 19.3 Å². The van der Waals surface area contributed by atoms with Gasteiger partial charge < -0.3 is 15.2 Å². The summed E-state index contributed by atoms with van der Waals surface area (Å²) in [6.45, 7) is 7.23. The van der Waals surface area contributed by atoms with Crippen molar-refractivity contribution in [1.29, 1.82) is 0 Å². The van der Waals surface area contributed by atoms with Crippen LogP contribution in [0, 0.1) is 5.41 Å². The highest BCUT2D eigenvalue weighted by Crippen LogP contribution is 2.29. The Balaban J connectivity index is 2.87. The van der Waals surface area contributed by atoms with Gasteiger partial charge in [0, 0.05) is 18.9 Å². The van der Waals surface area contributed by atoms with E-state index in [1.807, 2.05) is 13.0 Å². The monoisotopic (exact) mass is 322 g/mol. The number of carbonyl (C=O) groups excluding carboxylic acids is 1. The summed E-state index contributed by atoms with van der Waals surface area (Å²) in [5.41, 5.74) is -0.868. The number of carboxylic acids is 1. The number of ether oxygens (including phenoxy) is 1. The zero-order valence-corrected chi connectivity index (χ0v) is 14.3. The van der Waals surface area contributed by atoms with Gasteiger partial charge in [-0.3, -0.25) is 9.78 Å². The Morgan fingerprint density at radius 2 is 2.04 bits per heavy atom. The summed E-state index contributed by atoms with van der Waals surface area (Å²) in [7, 11) is 0. The number of aliphatic carboxylic acids is 1. The minimum absolute atomic E-state index is 0.0139. The molecule has 0 fully saturated rings. The second kappa shape index (κ2) is 7.94. The van der Waals surface area contributed by atoms with Crippen LogP contribution in [0.1, 0.15) is 46.1 Å². The Hall–Kier alpha value is -2.11. The molecule has 0 spiro atoms. The third-order valence-electron chi connectivity index (χ3n) is 3.42. The zero-order chi connectivity index (χ0) is 17.5. The average molecular weight is 322 g/mol. The topological polar surface area (TPSA) is 88.5 Å². The molecule has 0 aliphatic heterocycles. The molecule has 1 atom stereocenters. The molecule has 0 aliphatic carbocycles. The molecule has 0 saturated heterocycles. The van der Waals surface area contributed by atoms with Gasteiger partial charge in [0.25, 0.3) is 0 Å². The highest BCUT2D eigenvalue weighted by molar-refractivity contribution is 5.77. The lowest BCUT2D eigenvalue weighted by Gasteiger charge is -2.30. The number of carbonyl (C=O) groups is 2. The molecule has 6 nitrogen and oxygen atoms in total. The van der Waals surface area contributed by atoms with Gasteiger partial charge in [-0.2, -0.15) is 0 Å². The fraction of sp³-hybridized carbons (Fsp3) is 0.588. The minimum atomic E-state index is -1.07. The number of nitrogens with zero attached hydrogens (tertiary/aromatic N) is 1. The predicted molar refractivity (Wildman–Crippen MR) is 87.2 cm³/mol. The summed E-state index contributed by atoms with van der Waals surface area (Å²) < 4.78 is 5.19. The van der Waals surface area contributed by atoms with E-state index in [0.717, 1.165) is 5.56 Å². The third-order valence-corrected chi connectivity index (χ3v) is 3.42. The molecule has 0 bridgehead atoms. The first-order chi connectivity index (χ1) is 10.7. The van der Waals surface area contributed by atoms with Crippen LogP contribution in [0.4, 0.5) is 4.79 Å². The number of rotatable bonds is 7. The molecule has 1 aromatic heterocycles. The average Bonchev–Trinajstić information content (AvgIpc) is 2.44. The summed E-state index contributed by atoms with van der Waals surface area (Å²) in [5, 5.41) is 12.4. The van der Waals surface area contributed by atoms with Crippen LogP contribution in [-0.4, -0.2) is 34.3 Å². The van der Waals surface area contributed by atoms with Gasteiger partial charge in [-0.1, -0.05) is 19.4 Å². The Morgan fingerprint density at radius 3 is 2.52 bits per heavy atom. The van der Waals surface area contributed by atoms with Crippen LogP contribution in [0.15, 0.2) is 24.5 Å². The maximum Gasteiger partial charge on any atom is 0.407 e. The van der Waals surface area contributed by atoms with Crippen molar-refractivity contribution in [2.45, 2.75) is 52.6 Å². The maximum absolute atomic E-state index is 11.9. The van der Waals surface area contributed by atoms with Crippen LogP contribution in [0.3, 0.4) is 0 Å². The van der Waals surface area contributed by atoms with Crippen molar-refractivity contribution >= 4 is 12.1 Å². The number of nitrogens with one attached hydrogen (secondary N) is 1. The molecule has 0 aliphatic rings. The van der Waals surface area contributed by atoms with Crippen molar-refractivity contribution in [2.75, 3.05) is 6.54 Å². The lowest BCUT2D eigenvalue weighted by molar-refractivity contribution is -0.149. The van der Waals surface area contributed by atoms with E-state index in [4.69, 9.17) is 4.74 Å². The van der Waals surface area contributed by atoms with Crippen LogP contribution in [0.25, 0.3) is 0 Å². The van der Waals surface area contributed by atoms with Crippen molar-refractivity contribution in [3.05, 3.63) is 30.1 Å². The lowest BCUT2D eigenvalue weighted by Crippen LogP contribution is -2.46. The van der Waals surface area contributed by atoms with Gasteiger partial charge in [0.2, 0.25) is 0 Å². The standard InChI is InChI=1S/C17H26N2O4/c1-5-8-17(14(20)21,10-13-7-6-9-18-11-13)12-19-15(22)23-16(2,3)4/h6-7,9,11H,5,8,10,12H2,1-4H3,(H,19,22)(H,20,21). The Morgan fingerprint density at radius 1 is 1.35 bits per heavy atom. The molecule has 0 aromatic carbocycles. The number of carboxylic acid groups (broad SMARTS) is 1. The molecular weight excluding hydrogens is 296 g/mol. The van der Waals surface area contributed by atoms with E-state index in [-0.39, 0.29) is 6.54 Å². The summed E-state index contributed by atoms with van der Waals surface area (Å²) in [4.78, 5) is 27.8. The first kappa shape index (κ1) is 18.9. The molecule has 2 N–H and O–H groups in total. The summed E-state index contributed by atoms with van der Waals surface area (Å²) >= 11 is 0. The Bertz CT molecular complexity index is 525. The smallest absolute Gasteiger partial charge is 0.407 e. The summed E-state index contributed by atoms with van der Waals surface area (Å²) in [5.74, 6) is -0.931.